The topological polar surface area (TPSA) is 69.4 Å². The highest BCUT2D eigenvalue weighted by Gasteiger charge is 2.25. The first kappa shape index (κ1) is 16.4. The molecule has 1 aromatic heterocycles. The molecule has 4 N–H and O–H groups in total. The SMILES string of the molecule is N/C(=C1\NC=Nc2[nH]ccc21)C1CCN(Cc2ccc(Br)cc2)CC1. The van der Waals surface area contributed by atoms with E-state index in [0.29, 0.717) is 5.92 Å². The summed E-state index contributed by atoms with van der Waals surface area (Å²) >= 11 is 3.49. The van der Waals surface area contributed by atoms with E-state index in [1.165, 1.54) is 5.56 Å². The Labute approximate surface area is 156 Å². The van der Waals surface area contributed by atoms with Crippen LogP contribution >= 0.6 is 15.9 Å². The van der Waals surface area contributed by atoms with Crippen molar-refractivity contribution >= 4 is 33.8 Å². The van der Waals surface area contributed by atoms with Crippen molar-refractivity contribution in [3.8, 4) is 0 Å². The molecule has 6 heteroatoms. The Morgan fingerprint density at radius 1 is 1.20 bits per heavy atom. The van der Waals surface area contributed by atoms with Crippen molar-refractivity contribution in [3.63, 3.8) is 0 Å². The average Bonchev–Trinajstić information content (AvgIpc) is 3.12. The van der Waals surface area contributed by atoms with Gasteiger partial charge < -0.3 is 16.0 Å². The summed E-state index contributed by atoms with van der Waals surface area (Å²) in [6.07, 6.45) is 5.79. The van der Waals surface area contributed by atoms with E-state index in [1.54, 1.807) is 6.34 Å². The highest BCUT2D eigenvalue weighted by molar-refractivity contribution is 9.10. The minimum Gasteiger partial charge on any atom is -0.400 e. The first-order valence-electron chi connectivity index (χ1n) is 8.64. The van der Waals surface area contributed by atoms with Gasteiger partial charge in [0.15, 0.2) is 0 Å². The summed E-state index contributed by atoms with van der Waals surface area (Å²) in [6, 6.07) is 10.6. The normalized spacial score (nSPS) is 20.2. The van der Waals surface area contributed by atoms with Crippen molar-refractivity contribution in [2.24, 2.45) is 16.6 Å². The van der Waals surface area contributed by atoms with Crippen LogP contribution in [0.15, 0.2) is 51.7 Å². The maximum atomic E-state index is 6.53. The number of hydrogen-bond donors (Lipinski definition) is 3. The molecule has 25 heavy (non-hydrogen) atoms. The smallest absolute Gasteiger partial charge is 0.141 e. The van der Waals surface area contributed by atoms with Gasteiger partial charge in [0.2, 0.25) is 0 Å². The fourth-order valence-electron chi connectivity index (χ4n) is 3.60. The number of nitrogens with one attached hydrogen (secondary N) is 2. The van der Waals surface area contributed by atoms with Crippen molar-refractivity contribution < 1.29 is 0 Å². The maximum absolute atomic E-state index is 6.53. The van der Waals surface area contributed by atoms with E-state index in [0.717, 1.165) is 59.7 Å². The zero-order valence-corrected chi connectivity index (χ0v) is 15.6. The standard InChI is InChI=1S/C19H22BrN5/c20-15-3-1-13(2-4-15)11-25-9-6-14(7-10-25)17(21)18-16-5-8-22-19(16)24-12-23-18/h1-5,8,12,14,22H,6-7,9-11,21H2,(H,23,24)/b18-17-. The molecule has 0 spiro atoms. The van der Waals surface area contributed by atoms with Crippen LogP contribution in [0, 0.1) is 5.92 Å². The number of nitrogens with two attached hydrogens (primary N) is 1. The van der Waals surface area contributed by atoms with Gasteiger partial charge in [0, 0.05) is 34.4 Å². The molecule has 0 radical (unpaired) electrons. The summed E-state index contributed by atoms with van der Waals surface area (Å²) in [7, 11) is 0. The van der Waals surface area contributed by atoms with Gasteiger partial charge in [-0.2, -0.15) is 0 Å². The lowest BCUT2D eigenvalue weighted by atomic mass is 9.91. The van der Waals surface area contributed by atoms with Gasteiger partial charge in [0.1, 0.15) is 5.82 Å². The third-order valence-corrected chi connectivity index (χ3v) is 5.56. The molecule has 2 aliphatic heterocycles. The van der Waals surface area contributed by atoms with Gasteiger partial charge in [-0.1, -0.05) is 28.1 Å². The van der Waals surface area contributed by atoms with Gasteiger partial charge in [-0.05, 0) is 49.7 Å². The van der Waals surface area contributed by atoms with E-state index in [1.807, 2.05) is 12.3 Å². The van der Waals surface area contributed by atoms with Crippen molar-refractivity contribution in [2.45, 2.75) is 19.4 Å². The second-order valence-corrected chi connectivity index (χ2v) is 7.57. The van der Waals surface area contributed by atoms with Crippen molar-refractivity contribution in [1.82, 2.24) is 15.2 Å². The van der Waals surface area contributed by atoms with Crippen LogP contribution in [-0.2, 0) is 6.54 Å². The Kier molecular flexibility index (Phi) is 4.63. The lowest BCUT2D eigenvalue weighted by molar-refractivity contribution is 0.191. The van der Waals surface area contributed by atoms with Crippen LogP contribution in [0.2, 0.25) is 0 Å². The molecule has 1 fully saturated rings. The minimum absolute atomic E-state index is 0.415. The number of piperidine rings is 1. The molecule has 0 aliphatic carbocycles. The Bertz CT molecular complexity index is 797. The fraction of sp³-hybridized carbons (Fsp3) is 0.316. The lowest BCUT2D eigenvalue weighted by Gasteiger charge is -2.33. The average molecular weight is 400 g/mol. The number of rotatable bonds is 3. The van der Waals surface area contributed by atoms with Gasteiger partial charge in [0.25, 0.3) is 0 Å². The van der Waals surface area contributed by atoms with Crippen LogP contribution in [-0.4, -0.2) is 29.3 Å². The second-order valence-electron chi connectivity index (χ2n) is 6.65. The fourth-order valence-corrected chi connectivity index (χ4v) is 3.87. The van der Waals surface area contributed by atoms with E-state index in [2.05, 4.69) is 60.4 Å². The van der Waals surface area contributed by atoms with Gasteiger partial charge in [-0.15, -0.1) is 0 Å². The van der Waals surface area contributed by atoms with Crippen LogP contribution in [0.3, 0.4) is 0 Å². The summed E-state index contributed by atoms with van der Waals surface area (Å²) in [4.78, 5) is 9.96. The molecule has 1 aromatic carbocycles. The van der Waals surface area contributed by atoms with Gasteiger partial charge in [0.05, 0.1) is 12.0 Å². The van der Waals surface area contributed by atoms with Crippen LogP contribution in [0.4, 0.5) is 5.82 Å². The highest BCUT2D eigenvalue weighted by atomic mass is 79.9. The second kappa shape index (κ2) is 7.06. The van der Waals surface area contributed by atoms with Crippen molar-refractivity contribution in [1.29, 1.82) is 0 Å². The molecule has 1 saturated heterocycles. The summed E-state index contributed by atoms with van der Waals surface area (Å²) in [5.74, 6) is 1.29. The van der Waals surface area contributed by atoms with Crippen LogP contribution in [0.1, 0.15) is 24.0 Å². The summed E-state index contributed by atoms with van der Waals surface area (Å²) in [5, 5.41) is 3.24. The van der Waals surface area contributed by atoms with E-state index < -0.39 is 0 Å². The van der Waals surface area contributed by atoms with Crippen LogP contribution in [0.5, 0.6) is 0 Å². The molecule has 4 rings (SSSR count). The molecule has 2 aromatic rings. The summed E-state index contributed by atoms with van der Waals surface area (Å²) < 4.78 is 1.13. The quantitative estimate of drug-likeness (QED) is 0.738. The number of H-pyrrole nitrogens is 1. The highest BCUT2D eigenvalue weighted by Crippen LogP contribution is 2.32. The number of aromatic nitrogens is 1. The Morgan fingerprint density at radius 2 is 1.96 bits per heavy atom. The van der Waals surface area contributed by atoms with Gasteiger partial charge in [-0.25, -0.2) is 4.99 Å². The molecule has 0 bridgehead atoms. The van der Waals surface area contributed by atoms with Crippen LogP contribution < -0.4 is 11.1 Å². The summed E-state index contributed by atoms with van der Waals surface area (Å²) in [5.41, 5.74) is 10.9. The largest absolute Gasteiger partial charge is 0.400 e. The maximum Gasteiger partial charge on any atom is 0.141 e. The number of allylic oxidation sites excluding steroid dienone is 1. The number of hydrogen-bond acceptors (Lipinski definition) is 4. The lowest BCUT2D eigenvalue weighted by Crippen LogP contribution is -2.36. The zero-order chi connectivity index (χ0) is 17.2. The Hall–Kier alpha value is -2.05. The molecular weight excluding hydrogens is 378 g/mol. The first-order chi connectivity index (χ1) is 12.2. The van der Waals surface area contributed by atoms with Gasteiger partial charge >= 0.3 is 0 Å². The molecule has 2 aliphatic rings. The summed E-state index contributed by atoms with van der Waals surface area (Å²) in [6.45, 7) is 3.15. The van der Waals surface area contributed by atoms with Gasteiger partial charge in [-0.3, -0.25) is 4.90 Å². The predicted octanol–water partition coefficient (Wildman–Crippen LogP) is 3.58. The Balaban J connectivity index is 1.41. The molecule has 130 valence electrons. The number of halogens is 1. The number of benzene rings is 1. The molecule has 0 atom stereocenters. The van der Waals surface area contributed by atoms with Crippen molar-refractivity contribution in [3.05, 3.63) is 57.8 Å². The predicted molar refractivity (Wildman–Crippen MR) is 105 cm³/mol. The monoisotopic (exact) mass is 399 g/mol. The van der Waals surface area contributed by atoms with Crippen LogP contribution in [0.25, 0.3) is 5.70 Å². The molecule has 3 heterocycles. The zero-order valence-electron chi connectivity index (χ0n) is 14.0. The van der Waals surface area contributed by atoms with E-state index >= 15 is 0 Å². The molecule has 0 unspecified atom stereocenters. The van der Waals surface area contributed by atoms with E-state index in [4.69, 9.17) is 5.73 Å². The number of aliphatic imine (C=N–C) groups is 1. The molecular formula is C19H22BrN5. The first-order valence-corrected chi connectivity index (χ1v) is 9.43. The third kappa shape index (κ3) is 3.50. The number of nitrogens with zero attached hydrogens (tertiary/aromatic N) is 2. The van der Waals surface area contributed by atoms with Crippen molar-refractivity contribution in [2.75, 3.05) is 13.1 Å². The number of likely N-dealkylation sites (tertiary alicyclic amines) is 1. The molecule has 0 saturated carbocycles. The Morgan fingerprint density at radius 3 is 2.72 bits per heavy atom. The number of aromatic amines is 1. The van der Waals surface area contributed by atoms with E-state index in [-0.39, 0.29) is 0 Å². The number of fused-ring (bicyclic) bond motifs is 1. The third-order valence-electron chi connectivity index (χ3n) is 5.03. The minimum atomic E-state index is 0.415. The molecule has 0 amide bonds. The van der Waals surface area contributed by atoms with E-state index in [9.17, 15) is 0 Å². The molecule has 5 nitrogen and oxygen atoms in total.